The lowest BCUT2D eigenvalue weighted by atomic mass is 10.1. The molecule has 138 valence electrons. The number of rotatable bonds is 4. The summed E-state index contributed by atoms with van der Waals surface area (Å²) in [6.45, 7) is 1.92. The van der Waals surface area contributed by atoms with Crippen LogP contribution < -0.4 is 10.6 Å². The molecule has 0 saturated heterocycles. The van der Waals surface area contributed by atoms with Crippen LogP contribution in [0.3, 0.4) is 0 Å². The summed E-state index contributed by atoms with van der Waals surface area (Å²) < 4.78 is 37.9. The highest BCUT2D eigenvalue weighted by molar-refractivity contribution is 6.07. The highest BCUT2D eigenvalue weighted by Crippen LogP contribution is 2.30. The molecule has 2 N–H and O–H groups in total. The monoisotopic (exact) mass is 371 g/mol. The molecule has 0 radical (unpaired) electrons. The third kappa shape index (κ3) is 4.44. The van der Waals surface area contributed by atoms with E-state index >= 15 is 0 Å². The van der Waals surface area contributed by atoms with Gasteiger partial charge in [-0.2, -0.15) is 13.2 Å². The maximum Gasteiger partial charge on any atom is 0.416 e. The molecule has 0 bridgehead atoms. The number of hydrogen-bond acceptors (Lipinski definition) is 3. The van der Waals surface area contributed by atoms with Crippen molar-refractivity contribution in [2.45, 2.75) is 13.1 Å². The number of pyridine rings is 1. The maximum atomic E-state index is 12.6. The summed E-state index contributed by atoms with van der Waals surface area (Å²) in [7, 11) is 0. The molecule has 0 unspecified atom stereocenters. The second-order valence-corrected chi connectivity index (χ2v) is 5.87. The van der Waals surface area contributed by atoms with Crippen LogP contribution in [0.5, 0.6) is 0 Å². The van der Waals surface area contributed by atoms with E-state index in [-0.39, 0.29) is 11.3 Å². The lowest BCUT2D eigenvalue weighted by Crippen LogP contribution is -2.15. The number of amides is 1. The van der Waals surface area contributed by atoms with Crippen molar-refractivity contribution in [2.24, 2.45) is 0 Å². The van der Waals surface area contributed by atoms with Crippen molar-refractivity contribution in [1.29, 1.82) is 0 Å². The van der Waals surface area contributed by atoms with Crippen molar-refractivity contribution in [3.63, 3.8) is 0 Å². The van der Waals surface area contributed by atoms with E-state index in [0.717, 1.165) is 23.4 Å². The van der Waals surface area contributed by atoms with E-state index in [0.29, 0.717) is 5.82 Å². The summed E-state index contributed by atoms with van der Waals surface area (Å²) in [4.78, 5) is 16.8. The molecule has 2 aromatic carbocycles. The Bertz CT molecular complexity index is 953. The van der Waals surface area contributed by atoms with Crippen molar-refractivity contribution >= 4 is 23.1 Å². The Morgan fingerprint density at radius 2 is 1.67 bits per heavy atom. The molecule has 0 spiro atoms. The van der Waals surface area contributed by atoms with Crippen molar-refractivity contribution < 1.29 is 18.0 Å². The summed E-state index contributed by atoms with van der Waals surface area (Å²) in [5, 5.41) is 5.71. The number of alkyl halides is 3. The van der Waals surface area contributed by atoms with E-state index in [1.54, 1.807) is 18.3 Å². The van der Waals surface area contributed by atoms with Gasteiger partial charge < -0.3 is 10.6 Å². The highest BCUT2D eigenvalue weighted by Gasteiger charge is 2.30. The Hall–Kier alpha value is -3.35. The molecule has 1 aromatic heterocycles. The second kappa shape index (κ2) is 7.49. The number of nitrogens with one attached hydrogen (secondary N) is 2. The summed E-state index contributed by atoms with van der Waals surface area (Å²) in [5.74, 6) is -0.116. The number of aryl methyl sites for hydroxylation is 1. The molecule has 3 aromatic rings. The number of para-hydroxylation sites is 1. The van der Waals surface area contributed by atoms with Crippen LogP contribution >= 0.6 is 0 Å². The average Bonchev–Trinajstić information content (AvgIpc) is 2.64. The van der Waals surface area contributed by atoms with Gasteiger partial charge in [0.25, 0.3) is 5.91 Å². The van der Waals surface area contributed by atoms with Crippen LogP contribution in [0, 0.1) is 6.92 Å². The largest absolute Gasteiger partial charge is 0.416 e. The Balaban J connectivity index is 1.80. The molecule has 4 nitrogen and oxygen atoms in total. The number of benzene rings is 2. The van der Waals surface area contributed by atoms with Crippen molar-refractivity contribution in [2.75, 3.05) is 10.6 Å². The highest BCUT2D eigenvalue weighted by atomic mass is 19.4. The molecule has 0 fully saturated rings. The number of carbonyl (C=O) groups is 1. The Morgan fingerprint density at radius 3 is 2.33 bits per heavy atom. The third-order valence-electron chi connectivity index (χ3n) is 3.92. The fourth-order valence-corrected chi connectivity index (χ4v) is 2.47. The number of halogens is 3. The zero-order valence-electron chi connectivity index (χ0n) is 14.3. The van der Waals surface area contributed by atoms with E-state index in [4.69, 9.17) is 0 Å². The predicted octanol–water partition coefficient (Wildman–Crippen LogP) is 5.40. The van der Waals surface area contributed by atoms with E-state index in [9.17, 15) is 18.0 Å². The van der Waals surface area contributed by atoms with Gasteiger partial charge in [0.2, 0.25) is 0 Å². The van der Waals surface area contributed by atoms with Crippen molar-refractivity contribution in [3.05, 3.63) is 83.6 Å². The molecule has 0 aliphatic heterocycles. The smallest absolute Gasteiger partial charge is 0.339 e. The van der Waals surface area contributed by atoms with E-state index < -0.39 is 17.6 Å². The maximum absolute atomic E-state index is 12.6. The molecule has 0 aliphatic carbocycles. The van der Waals surface area contributed by atoms with Gasteiger partial charge in [-0.25, -0.2) is 4.98 Å². The minimum Gasteiger partial charge on any atom is -0.339 e. The van der Waals surface area contributed by atoms with Gasteiger partial charge >= 0.3 is 6.18 Å². The number of carbonyl (C=O) groups excluding carboxylic acids is 1. The van der Waals surface area contributed by atoms with Crippen LogP contribution in [0.2, 0.25) is 0 Å². The van der Waals surface area contributed by atoms with Gasteiger partial charge in [-0.1, -0.05) is 18.2 Å². The first kappa shape index (κ1) is 18.4. The quantitative estimate of drug-likeness (QED) is 0.645. The van der Waals surface area contributed by atoms with Crippen LogP contribution in [0.15, 0.2) is 66.9 Å². The summed E-state index contributed by atoms with van der Waals surface area (Å²) >= 11 is 0. The minimum atomic E-state index is -4.42. The summed E-state index contributed by atoms with van der Waals surface area (Å²) in [6.07, 6.45) is -2.87. The Kier molecular flexibility index (Phi) is 5.12. The van der Waals surface area contributed by atoms with Gasteiger partial charge in [0, 0.05) is 17.6 Å². The van der Waals surface area contributed by atoms with Crippen LogP contribution in [-0.2, 0) is 6.18 Å². The van der Waals surface area contributed by atoms with E-state index in [2.05, 4.69) is 15.6 Å². The number of aromatic nitrogens is 1. The number of anilines is 3. The minimum absolute atomic E-state index is 0.263. The van der Waals surface area contributed by atoms with Crippen LogP contribution in [0.25, 0.3) is 0 Å². The molecule has 3 rings (SSSR count). The summed E-state index contributed by atoms with van der Waals surface area (Å²) in [6, 6.07) is 15.0. The third-order valence-corrected chi connectivity index (χ3v) is 3.92. The lowest BCUT2D eigenvalue weighted by Gasteiger charge is -2.13. The Labute approximate surface area is 154 Å². The first-order valence-corrected chi connectivity index (χ1v) is 8.11. The van der Waals surface area contributed by atoms with Gasteiger partial charge in [-0.3, -0.25) is 4.79 Å². The molecule has 0 saturated carbocycles. The normalized spacial score (nSPS) is 11.1. The average molecular weight is 371 g/mol. The molecular weight excluding hydrogens is 355 g/mol. The van der Waals surface area contributed by atoms with Gasteiger partial charge in [0.15, 0.2) is 0 Å². The molecule has 0 aliphatic rings. The fourth-order valence-electron chi connectivity index (χ4n) is 2.47. The van der Waals surface area contributed by atoms with Gasteiger partial charge in [-0.05, 0) is 55.0 Å². The molecule has 7 heteroatoms. The van der Waals surface area contributed by atoms with Gasteiger partial charge in [0.1, 0.15) is 5.82 Å². The standard InChI is InChI=1S/C20H16F3N3O/c1-13-5-2-3-7-17(13)26-18-16(6-4-12-24-18)19(27)25-15-10-8-14(9-11-15)20(21,22)23/h2-12H,1H3,(H,24,26)(H,25,27). The van der Waals surface area contributed by atoms with Crippen LogP contribution in [-0.4, -0.2) is 10.9 Å². The molecular formula is C20H16F3N3O. The first-order chi connectivity index (χ1) is 12.8. The summed E-state index contributed by atoms with van der Waals surface area (Å²) in [5.41, 5.74) is 1.56. The lowest BCUT2D eigenvalue weighted by molar-refractivity contribution is -0.137. The SMILES string of the molecule is Cc1ccccc1Nc1ncccc1C(=O)Nc1ccc(C(F)(F)F)cc1. The van der Waals surface area contributed by atoms with Crippen molar-refractivity contribution in [3.8, 4) is 0 Å². The number of nitrogens with zero attached hydrogens (tertiary/aromatic N) is 1. The molecule has 1 heterocycles. The molecule has 0 atom stereocenters. The van der Waals surface area contributed by atoms with Crippen molar-refractivity contribution in [1.82, 2.24) is 4.98 Å². The topological polar surface area (TPSA) is 54.0 Å². The second-order valence-electron chi connectivity index (χ2n) is 5.87. The first-order valence-electron chi connectivity index (χ1n) is 8.11. The van der Waals surface area contributed by atoms with E-state index in [1.807, 2.05) is 31.2 Å². The van der Waals surface area contributed by atoms with Gasteiger partial charge in [-0.15, -0.1) is 0 Å². The number of hydrogen-bond donors (Lipinski definition) is 2. The zero-order chi connectivity index (χ0) is 19.4. The van der Waals surface area contributed by atoms with E-state index in [1.165, 1.54) is 12.1 Å². The molecule has 1 amide bonds. The molecule has 27 heavy (non-hydrogen) atoms. The predicted molar refractivity (Wildman–Crippen MR) is 98.1 cm³/mol. The van der Waals surface area contributed by atoms with Gasteiger partial charge in [0.05, 0.1) is 11.1 Å². The van der Waals surface area contributed by atoms with Crippen LogP contribution in [0.4, 0.5) is 30.4 Å². The zero-order valence-corrected chi connectivity index (χ0v) is 14.3. The Morgan fingerprint density at radius 1 is 0.963 bits per heavy atom. The fraction of sp³-hybridized carbons (Fsp3) is 0.100. The van der Waals surface area contributed by atoms with Crippen LogP contribution in [0.1, 0.15) is 21.5 Å².